The van der Waals surface area contributed by atoms with E-state index in [-0.39, 0.29) is 5.91 Å². The fraction of sp³-hybridized carbons (Fsp3) is 0.556. The van der Waals surface area contributed by atoms with Gasteiger partial charge in [0.25, 0.3) is 0 Å². The lowest BCUT2D eigenvalue weighted by Gasteiger charge is -2.19. The summed E-state index contributed by atoms with van der Waals surface area (Å²) in [5.41, 5.74) is 1.59. The van der Waals surface area contributed by atoms with Crippen LogP contribution in [0, 0.1) is 12.8 Å². The van der Waals surface area contributed by atoms with Gasteiger partial charge >= 0.3 is 0 Å². The zero-order chi connectivity index (χ0) is 16.4. The van der Waals surface area contributed by atoms with Crippen molar-refractivity contribution in [1.82, 2.24) is 9.38 Å². The second-order valence-electron chi connectivity index (χ2n) is 6.43. The molecule has 0 aliphatic heterocycles. The van der Waals surface area contributed by atoms with Crippen LogP contribution in [-0.2, 0) is 4.79 Å². The van der Waals surface area contributed by atoms with Gasteiger partial charge in [0.1, 0.15) is 5.82 Å². The first-order chi connectivity index (χ1) is 11.1. The number of anilines is 1. The maximum atomic E-state index is 12.6. The minimum atomic E-state index is 0.157. The van der Waals surface area contributed by atoms with E-state index in [0.29, 0.717) is 12.2 Å². The second kappa shape index (κ2) is 6.60. The van der Waals surface area contributed by atoms with Crippen molar-refractivity contribution in [3.05, 3.63) is 24.0 Å². The first-order valence-corrected chi connectivity index (χ1v) is 8.40. The number of hydrogen-bond donors (Lipinski definition) is 0. The van der Waals surface area contributed by atoms with Crippen LogP contribution in [0.4, 0.5) is 5.82 Å². The predicted octanol–water partition coefficient (Wildman–Crippen LogP) is 3.58. The average Bonchev–Trinajstić information content (AvgIpc) is 3.18. The van der Waals surface area contributed by atoms with Gasteiger partial charge in [-0.1, -0.05) is 25.7 Å². The number of hydrogen-bond acceptors (Lipinski definition) is 3. The maximum absolute atomic E-state index is 12.6. The third-order valence-corrected chi connectivity index (χ3v) is 4.91. The molecule has 1 aliphatic carbocycles. The molecule has 23 heavy (non-hydrogen) atoms. The number of rotatable bonds is 5. The van der Waals surface area contributed by atoms with Crippen LogP contribution in [0.1, 0.15) is 44.2 Å². The van der Waals surface area contributed by atoms with Crippen LogP contribution in [0.3, 0.4) is 0 Å². The molecule has 2 heterocycles. The standard InChI is InChI=1S/C18H25N3O2/c1-13-18(21-12-6-9-15(23-3)17(21)19-13)20(2)16(22)11-10-14-7-4-5-8-14/h6,9,12,14H,4-5,7-8,10-11H2,1-3H3. The summed E-state index contributed by atoms with van der Waals surface area (Å²) in [4.78, 5) is 18.9. The van der Waals surface area contributed by atoms with Crippen LogP contribution < -0.4 is 9.64 Å². The first-order valence-electron chi connectivity index (χ1n) is 8.40. The minimum absolute atomic E-state index is 0.157. The molecule has 124 valence electrons. The lowest BCUT2D eigenvalue weighted by atomic mass is 10.0. The van der Waals surface area contributed by atoms with Crippen molar-refractivity contribution in [2.24, 2.45) is 5.92 Å². The molecule has 0 spiro atoms. The van der Waals surface area contributed by atoms with E-state index in [1.807, 2.05) is 36.7 Å². The monoisotopic (exact) mass is 315 g/mol. The predicted molar refractivity (Wildman–Crippen MR) is 91.1 cm³/mol. The van der Waals surface area contributed by atoms with Crippen molar-refractivity contribution in [2.45, 2.75) is 45.4 Å². The van der Waals surface area contributed by atoms with E-state index in [0.717, 1.165) is 29.5 Å². The Labute approximate surface area is 137 Å². The van der Waals surface area contributed by atoms with Gasteiger partial charge in [0, 0.05) is 19.7 Å². The highest BCUT2D eigenvalue weighted by Gasteiger charge is 2.22. The van der Waals surface area contributed by atoms with Crippen molar-refractivity contribution >= 4 is 17.4 Å². The highest BCUT2D eigenvalue weighted by molar-refractivity contribution is 5.93. The van der Waals surface area contributed by atoms with Crippen LogP contribution in [-0.4, -0.2) is 29.4 Å². The molecular weight excluding hydrogens is 290 g/mol. The highest BCUT2D eigenvalue weighted by atomic mass is 16.5. The molecule has 0 radical (unpaired) electrons. The van der Waals surface area contributed by atoms with E-state index >= 15 is 0 Å². The Balaban J connectivity index is 1.81. The Bertz CT molecular complexity index is 702. The van der Waals surface area contributed by atoms with Gasteiger partial charge < -0.3 is 4.74 Å². The molecule has 1 fully saturated rings. The molecule has 0 unspecified atom stereocenters. The Hall–Kier alpha value is -2.04. The lowest BCUT2D eigenvalue weighted by molar-refractivity contribution is -0.118. The van der Waals surface area contributed by atoms with Gasteiger partial charge in [0.2, 0.25) is 5.91 Å². The molecule has 0 bridgehead atoms. The number of pyridine rings is 1. The number of carbonyl (C=O) groups is 1. The fourth-order valence-corrected chi connectivity index (χ4v) is 3.62. The largest absolute Gasteiger partial charge is 0.493 e. The molecule has 0 atom stereocenters. The summed E-state index contributed by atoms with van der Waals surface area (Å²) < 4.78 is 7.30. The van der Waals surface area contributed by atoms with Crippen molar-refractivity contribution < 1.29 is 9.53 Å². The Morgan fingerprint density at radius 2 is 2.17 bits per heavy atom. The van der Waals surface area contributed by atoms with E-state index in [1.165, 1.54) is 25.7 Å². The molecule has 0 N–H and O–H groups in total. The molecule has 5 heteroatoms. The number of methoxy groups -OCH3 is 1. The van der Waals surface area contributed by atoms with E-state index < -0.39 is 0 Å². The number of nitrogens with zero attached hydrogens (tertiary/aromatic N) is 3. The second-order valence-corrected chi connectivity index (χ2v) is 6.43. The van der Waals surface area contributed by atoms with Gasteiger partial charge in [-0.25, -0.2) is 4.98 Å². The van der Waals surface area contributed by atoms with E-state index in [2.05, 4.69) is 4.98 Å². The van der Waals surface area contributed by atoms with Crippen LogP contribution in [0.15, 0.2) is 18.3 Å². The molecule has 2 aromatic rings. The Kier molecular flexibility index (Phi) is 4.55. The van der Waals surface area contributed by atoms with Crippen LogP contribution in [0.5, 0.6) is 5.75 Å². The summed E-state index contributed by atoms with van der Waals surface area (Å²) in [7, 11) is 3.47. The molecular formula is C18H25N3O2. The Morgan fingerprint density at radius 1 is 1.43 bits per heavy atom. The normalized spacial score (nSPS) is 15.3. The topological polar surface area (TPSA) is 46.8 Å². The number of aryl methyl sites for hydroxylation is 1. The van der Waals surface area contributed by atoms with E-state index in [4.69, 9.17) is 4.74 Å². The van der Waals surface area contributed by atoms with Gasteiger partial charge in [-0.3, -0.25) is 14.1 Å². The van der Waals surface area contributed by atoms with Crippen molar-refractivity contribution in [2.75, 3.05) is 19.1 Å². The van der Waals surface area contributed by atoms with Crippen LogP contribution >= 0.6 is 0 Å². The smallest absolute Gasteiger partial charge is 0.227 e. The lowest BCUT2D eigenvalue weighted by Crippen LogP contribution is -2.28. The molecule has 1 amide bonds. The zero-order valence-electron chi connectivity index (χ0n) is 14.2. The van der Waals surface area contributed by atoms with Gasteiger partial charge in [0.15, 0.2) is 11.4 Å². The van der Waals surface area contributed by atoms with Gasteiger partial charge in [-0.15, -0.1) is 0 Å². The zero-order valence-corrected chi connectivity index (χ0v) is 14.2. The summed E-state index contributed by atoms with van der Waals surface area (Å²) in [6, 6.07) is 3.79. The SMILES string of the molecule is COc1cccn2c(N(C)C(=O)CCC3CCCC3)c(C)nc12. The molecule has 0 saturated heterocycles. The fourth-order valence-electron chi connectivity index (χ4n) is 3.62. The molecule has 0 aromatic carbocycles. The van der Waals surface area contributed by atoms with Crippen molar-refractivity contribution in [3.63, 3.8) is 0 Å². The van der Waals surface area contributed by atoms with E-state index in [1.54, 1.807) is 12.0 Å². The van der Waals surface area contributed by atoms with E-state index in [9.17, 15) is 4.79 Å². The third-order valence-electron chi connectivity index (χ3n) is 4.91. The Morgan fingerprint density at radius 3 is 2.87 bits per heavy atom. The quantitative estimate of drug-likeness (QED) is 0.847. The molecule has 2 aromatic heterocycles. The average molecular weight is 315 g/mol. The van der Waals surface area contributed by atoms with Gasteiger partial charge in [0.05, 0.1) is 12.8 Å². The summed E-state index contributed by atoms with van der Waals surface area (Å²) >= 11 is 0. The molecule has 5 nitrogen and oxygen atoms in total. The number of amides is 1. The molecule has 1 saturated carbocycles. The summed E-state index contributed by atoms with van der Waals surface area (Å²) in [6.07, 6.45) is 8.74. The third kappa shape index (κ3) is 3.05. The number of imidazole rings is 1. The maximum Gasteiger partial charge on any atom is 0.227 e. The number of ether oxygens (including phenoxy) is 1. The number of carbonyl (C=O) groups excluding carboxylic acids is 1. The minimum Gasteiger partial charge on any atom is -0.493 e. The highest BCUT2D eigenvalue weighted by Crippen LogP contribution is 2.30. The van der Waals surface area contributed by atoms with Crippen molar-refractivity contribution in [1.29, 1.82) is 0 Å². The molecule has 1 aliphatic rings. The van der Waals surface area contributed by atoms with Crippen molar-refractivity contribution in [3.8, 4) is 5.75 Å². The summed E-state index contributed by atoms with van der Waals surface area (Å²) in [5.74, 6) is 2.43. The molecule has 3 rings (SSSR count). The number of aromatic nitrogens is 2. The van der Waals surface area contributed by atoms with Gasteiger partial charge in [-0.05, 0) is 31.4 Å². The first kappa shape index (κ1) is 15.8. The summed E-state index contributed by atoms with van der Waals surface area (Å²) in [5, 5.41) is 0. The van der Waals surface area contributed by atoms with Crippen LogP contribution in [0.2, 0.25) is 0 Å². The summed E-state index contributed by atoms with van der Waals surface area (Å²) in [6.45, 7) is 1.93. The van der Waals surface area contributed by atoms with Gasteiger partial charge in [-0.2, -0.15) is 0 Å². The number of fused-ring (bicyclic) bond motifs is 1. The van der Waals surface area contributed by atoms with Crippen LogP contribution in [0.25, 0.3) is 5.65 Å².